The van der Waals surface area contributed by atoms with Crippen molar-refractivity contribution in [3.8, 4) is 11.5 Å². The number of benzene rings is 3. The summed E-state index contributed by atoms with van der Waals surface area (Å²) in [5, 5.41) is 5.01. The number of carbonyl (C=O) groups excluding carboxylic acids is 4. The van der Waals surface area contributed by atoms with Crippen LogP contribution >= 0.6 is 15.9 Å². The monoisotopic (exact) mass is 577 g/mol. The maximum absolute atomic E-state index is 13.1. The molecule has 1 saturated heterocycles. The van der Waals surface area contributed by atoms with Gasteiger partial charge in [-0.25, -0.2) is 9.69 Å². The molecule has 1 fully saturated rings. The van der Waals surface area contributed by atoms with Crippen LogP contribution in [0.5, 0.6) is 11.5 Å². The van der Waals surface area contributed by atoms with Crippen LogP contribution in [0, 0.1) is 13.8 Å². The van der Waals surface area contributed by atoms with E-state index in [9.17, 15) is 19.2 Å². The number of urea groups is 1. The summed E-state index contributed by atoms with van der Waals surface area (Å²) in [6.07, 6.45) is 1.35. The summed E-state index contributed by atoms with van der Waals surface area (Å²) in [5.41, 5.74) is 3.24. The Morgan fingerprint density at radius 3 is 2.47 bits per heavy atom. The predicted molar refractivity (Wildman–Crippen MR) is 146 cm³/mol. The molecule has 194 valence electrons. The first-order valence-electron chi connectivity index (χ1n) is 11.5. The van der Waals surface area contributed by atoms with E-state index in [-0.39, 0.29) is 29.6 Å². The van der Waals surface area contributed by atoms with Crippen molar-refractivity contribution in [3.63, 3.8) is 0 Å². The Labute approximate surface area is 227 Å². The van der Waals surface area contributed by atoms with Crippen molar-refractivity contribution in [2.75, 3.05) is 23.9 Å². The summed E-state index contributed by atoms with van der Waals surface area (Å²) in [4.78, 5) is 51.4. The lowest BCUT2D eigenvalue weighted by Crippen LogP contribution is -2.54. The number of aryl methyl sites for hydroxylation is 2. The van der Waals surface area contributed by atoms with E-state index in [4.69, 9.17) is 9.47 Å². The Bertz CT molecular complexity index is 1470. The number of hydrogen-bond acceptors (Lipinski definition) is 6. The Morgan fingerprint density at radius 1 is 1.05 bits per heavy atom. The molecule has 0 radical (unpaired) electrons. The van der Waals surface area contributed by atoms with E-state index in [1.54, 1.807) is 42.5 Å². The highest BCUT2D eigenvalue weighted by atomic mass is 79.9. The number of barbiturate groups is 1. The molecule has 0 spiro atoms. The van der Waals surface area contributed by atoms with Crippen molar-refractivity contribution in [2.24, 2.45) is 0 Å². The molecule has 0 aromatic heterocycles. The molecule has 3 aromatic rings. The third-order valence-electron chi connectivity index (χ3n) is 5.68. The maximum atomic E-state index is 13.1. The number of hydrogen-bond donors (Lipinski definition) is 2. The van der Waals surface area contributed by atoms with Crippen LogP contribution in [0.4, 0.5) is 16.2 Å². The molecule has 38 heavy (non-hydrogen) atoms. The molecule has 5 amide bonds. The van der Waals surface area contributed by atoms with Crippen molar-refractivity contribution in [3.05, 3.63) is 87.4 Å². The molecule has 1 aliphatic heterocycles. The predicted octanol–water partition coefficient (Wildman–Crippen LogP) is 4.76. The number of imide groups is 2. The van der Waals surface area contributed by atoms with Crippen molar-refractivity contribution >= 4 is 57.1 Å². The molecule has 1 heterocycles. The van der Waals surface area contributed by atoms with Gasteiger partial charge in [-0.15, -0.1) is 0 Å². The van der Waals surface area contributed by atoms with Crippen LogP contribution < -0.4 is 25.0 Å². The van der Waals surface area contributed by atoms with Crippen LogP contribution in [-0.2, 0) is 14.4 Å². The van der Waals surface area contributed by atoms with Gasteiger partial charge in [-0.3, -0.25) is 19.7 Å². The van der Waals surface area contributed by atoms with Crippen molar-refractivity contribution < 1.29 is 28.7 Å². The van der Waals surface area contributed by atoms with E-state index in [0.29, 0.717) is 21.4 Å². The summed E-state index contributed by atoms with van der Waals surface area (Å²) in [7, 11) is 1.43. The number of anilines is 2. The fourth-order valence-corrected chi connectivity index (χ4v) is 4.45. The summed E-state index contributed by atoms with van der Waals surface area (Å²) in [5.74, 6) is -1.39. The lowest BCUT2D eigenvalue weighted by Gasteiger charge is -2.26. The lowest BCUT2D eigenvalue weighted by atomic mass is 10.1. The average molecular weight is 578 g/mol. The lowest BCUT2D eigenvalue weighted by molar-refractivity contribution is -0.122. The smallest absolute Gasteiger partial charge is 0.335 e. The zero-order chi connectivity index (χ0) is 27.4. The number of nitrogens with one attached hydrogen (secondary N) is 2. The number of halogens is 1. The number of nitrogens with zero attached hydrogens (tertiary/aromatic N) is 1. The van der Waals surface area contributed by atoms with Gasteiger partial charge in [0.1, 0.15) is 5.57 Å². The number of para-hydroxylation sites is 1. The summed E-state index contributed by atoms with van der Waals surface area (Å²) in [6, 6.07) is 16.3. The van der Waals surface area contributed by atoms with Crippen molar-refractivity contribution in [1.82, 2.24) is 5.32 Å². The fraction of sp³-hybridized carbons (Fsp3) is 0.143. The molecule has 10 heteroatoms. The highest BCUT2D eigenvalue weighted by molar-refractivity contribution is 9.10. The molecule has 3 aromatic carbocycles. The highest BCUT2D eigenvalue weighted by Crippen LogP contribution is 2.37. The first-order valence-corrected chi connectivity index (χ1v) is 12.3. The summed E-state index contributed by atoms with van der Waals surface area (Å²) >= 11 is 3.41. The number of carbonyl (C=O) groups is 4. The van der Waals surface area contributed by atoms with Gasteiger partial charge in [0.05, 0.1) is 17.3 Å². The highest BCUT2D eigenvalue weighted by Gasteiger charge is 2.36. The van der Waals surface area contributed by atoms with Crippen molar-refractivity contribution in [2.45, 2.75) is 13.8 Å². The van der Waals surface area contributed by atoms with Gasteiger partial charge in [0.15, 0.2) is 18.1 Å². The van der Waals surface area contributed by atoms with Crippen LogP contribution in [-0.4, -0.2) is 37.5 Å². The van der Waals surface area contributed by atoms with E-state index >= 15 is 0 Å². The molecule has 0 unspecified atom stereocenters. The molecule has 1 aliphatic rings. The van der Waals surface area contributed by atoms with Crippen LogP contribution in [0.2, 0.25) is 0 Å². The second-order valence-electron chi connectivity index (χ2n) is 8.48. The minimum Gasteiger partial charge on any atom is -0.493 e. The molecule has 2 N–H and O–H groups in total. The summed E-state index contributed by atoms with van der Waals surface area (Å²) in [6.45, 7) is 3.60. The van der Waals surface area contributed by atoms with Gasteiger partial charge < -0.3 is 14.8 Å². The Kier molecular flexibility index (Phi) is 7.92. The zero-order valence-corrected chi connectivity index (χ0v) is 22.4. The topological polar surface area (TPSA) is 114 Å². The molecule has 9 nitrogen and oxygen atoms in total. The van der Waals surface area contributed by atoms with E-state index in [1.165, 1.54) is 13.2 Å². The number of rotatable bonds is 7. The third-order valence-corrected chi connectivity index (χ3v) is 6.27. The van der Waals surface area contributed by atoms with Gasteiger partial charge in [-0.2, -0.15) is 0 Å². The largest absolute Gasteiger partial charge is 0.493 e. The molecular formula is C28H24BrN3O6. The Morgan fingerprint density at radius 2 is 1.79 bits per heavy atom. The SMILES string of the molecule is COc1cc(/C=C2/C(=O)NC(=O)N(c3ccccc3)C2=O)cc(Br)c1OCC(=O)Nc1ccc(C)cc1C. The quantitative estimate of drug-likeness (QED) is 0.309. The van der Waals surface area contributed by atoms with Gasteiger partial charge in [0.25, 0.3) is 17.7 Å². The van der Waals surface area contributed by atoms with E-state index in [1.807, 2.05) is 32.0 Å². The summed E-state index contributed by atoms with van der Waals surface area (Å²) < 4.78 is 11.6. The second kappa shape index (κ2) is 11.3. The Hall–Kier alpha value is -4.44. The van der Waals surface area contributed by atoms with Gasteiger partial charge in [0.2, 0.25) is 0 Å². The standard InChI is InChI=1S/C28H24BrN3O6/c1-16-9-10-22(17(2)11-16)30-24(33)15-38-25-21(29)13-18(14-23(25)37-3)12-20-26(34)31-28(36)32(27(20)35)19-7-5-4-6-8-19/h4-14H,15H2,1-3H3,(H,30,33)(H,31,34,36)/b20-12-. The fourth-order valence-electron chi connectivity index (χ4n) is 3.88. The van der Waals surface area contributed by atoms with Crippen LogP contribution in [0.15, 0.2) is 70.7 Å². The number of methoxy groups -OCH3 is 1. The molecular weight excluding hydrogens is 554 g/mol. The van der Waals surface area contributed by atoms with Gasteiger partial charge in [-0.1, -0.05) is 35.9 Å². The van der Waals surface area contributed by atoms with E-state index in [2.05, 4.69) is 26.6 Å². The zero-order valence-electron chi connectivity index (χ0n) is 20.8. The van der Waals surface area contributed by atoms with E-state index < -0.39 is 17.8 Å². The van der Waals surface area contributed by atoms with Crippen LogP contribution in [0.1, 0.15) is 16.7 Å². The minimum atomic E-state index is -0.829. The third kappa shape index (κ3) is 5.76. The molecule has 0 bridgehead atoms. The van der Waals surface area contributed by atoms with Crippen LogP contribution in [0.3, 0.4) is 0 Å². The average Bonchev–Trinajstić information content (AvgIpc) is 2.87. The minimum absolute atomic E-state index is 0.232. The number of ether oxygens (including phenoxy) is 2. The number of amides is 5. The normalized spacial score (nSPS) is 14.4. The van der Waals surface area contributed by atoms with Crippen LogP contribution in [0.25, 0.3) is 6.08 Å². The maximum Gasteiger partial charge on any atom is 0.335 e. The van der Waals surface area contributed by atoms with Gasteiger partial charge in [-0.05, 0) is 77.3 Å². The van der Waals surface area contributed by atoms with E-state index in [0.717, 1.165) is 16.0 Å². The first-order chi connectivity index (χ1) is 18.2. The molecule has 4 rings (SSSR count). The van der Waals surface area contributed by atoms with Gasteiger partial charge in [0, 0.05) is 5.69 Å². The molecule has 0 saturated carbocycles. The molecule has 0 aliphatic carbocycles. The van der Waals surface area contributed by atoms with Crippen molar-refractivity contribution in [1.29, 1.82) is 0 Å². The molecule has 0 atom stereocenters. The van der Waals surface area contributed by atoms with Gasteiger partial charge >= 0.3 is 6.03 Å². The first kappa shape index (κ1) is 26.6. The second-order valence-corrected chi connectivity index (χ2v) is 9.34. The Balaban J connectivity index is 1.55.